The first kappa shape index (κ1) is 14.7. The van der Waals surface area contributed by atoms with Crippen LogP contribution in [0.5, 0.6) is 0 Å². The Hall–Kier alpha value is -1.66. The third kappa shape index (κ3) is 3.46. The molecule has 2 rings (SSSR count). The van der Waals surface area contributed by atoms with E-state index in [-0.39, 0.29) is 0 Å². The molecule has 1 saturated heterocycles. The number of methoxy groups -OCH3 is 1. The Morgan fingerprint density at radius 1 is 1.55 bits per heavy atom. The number of anilines is 1. The first-order valence-corrected chi connectivity index (χ1v) is 6.60. The van der Waals surface area contributed by atoms with Gasteiger partial charge in [-0.05, 0) is 12.1 Å². The van der Waals surface area contributed by atoms with Crippen molar-refractivity contribution in [3.63, 3.8) is 0 Å². The molecule has 0 spiro atoms. The predicted octanol–water partition coefficient (Wildman–Crippen LogP) is 0.846. The Morgan fingerprint density at radius 3 is 2.90 bits per heavy atom. The highest BCUT2D eigenvalue weighted by atomic mass is 16.5. The number of carbonyl (C=O) groups excluding carboxylic acids is 1. The summed E-state index contributed by atoms with van der Waals surface area (Å²) < 4.78 is 9.95. The number of pyridine rings is 1. The lowest BCUT2D eigenvalue weighted by Crippen LogP contribution is -2.46. The molecule has 0 atom stereocenters. The molecule has 1 aromatic rings. The van der Waals surface area contributed by atoms with Crippen molar-refractivity contribution in [2.24, 2.45) is 0 Å². The van der Waals surface area contributed by atoms with E-state index >= 15 is 0 Å². The highest BCUT2D eigenvalue weighted by Crippen LogP contribution is 2.23. The highest BCUT2D eigenvalue weighted by molar-refractivity contribution is 5.90. The van der Waals surface area contributed by atoms with Gasteiger partial charge in [0.05, 0.1) is 18.3 Å². The zero-order valence-corrected chi connectivity index (χ0v) is 11.8. The molecule has 0 aliphatic carbocycles. The minimum absolute atomic E-state index is 0.396. The number of aliphatic hydroxyl groups is 1. The van der Waals surface area contributed by atoms with Crippen molar-refractivity contribution in [2.45, 2.75) is 18.4 Å². The summed E-state index contributed by atoms with van der Waals surface area (Å²) in [6.07, 6.45) is 2.77. The molecule has 2 heterocycles. The number of esters is 1. The van der Waals surface area contributed by atoms with Gasteiger partial charge in [0, 0.05) is 45.8 Å². The molecule has 6 nitrogen and oxygen atoms in total. The molecule has 0 saturated carbocycles. The summed E-state index contributed by atoms with van der Waals surface area (Å²) in [4.78, 5) is 17.6. The van der Waals surface area contributed by atoms with Crippen LogP contribution in [0.3, 0.4) is 0 Å². The first-order valence-electron chi connectivity index (χ1n) is 6.60. The standard InChI is InChI=1S/C14H20N2O4/c1-16(10-14(18)4-7-20-8-5-14)12-9-11(3-6-15-12)13(17)19-2/h3,6,9,18H,4-5,7-8,10H2,1-2H3. The molecule has 0 aromatic carbocycles. The van der Waals surface area contributed by atoms with Gasteiger partial charge >= 0.3 is 5.97 Å². The number of aromatic nitrogens is 1. The van der Waals surface area contributed by atoms with Crippen LogP contribution < -0.4 is 4.90 Å². The topological polar surface area (TPSA) is 71.9 Å². The van der Waals surface area contributed by atoms with E-state index in [9.17, 15) is 9.90 Å². The Morgan fingerprint density at radius 2 is 2.25 bits per heavy atom. The molecule has 20 heavy (non-hydrogen) atoms. The second-order valence-electron chi connectivity index (χ2n) is 5.09. The van der Waals surface area contributed by atoms with Crippen LogP contribution in [0.25, 0.3) is 0 Å². The summed E-state index contributed by atoms with van der Waals surface area (Å²) in [7, 11) is 3.19. The Kier molecular flexibility index (Phi) is 4.57. The minimum atomic E-state index is -0.768. The average molecular weight is 280 g/mol. The van der Waals surface area contributed by atoms with Gasteiger partial charge in [0.25, 0.3) is 0 Å². The van der Waals surface area contributed by atoms with Crippen LogP contribution in [0.1, 0.15) is 23.2 Å². The number of rotatable bonds is 4. The summed E-state index contributed by atoms with van der Waals surface area (Å²) in [5.74, 6) is 0.236. The average Bonchev–Trinajstić information content (AvgIpc) is 2.47. The van der Waals surface area contributed by atoms with Crippen LogP contribution >= 0.6 is 0 Å². The monoisotopic (exact) mass is 280 g/mol. The lowest BCUT2D eigenvalue weighted by molar-refractivity contribution is -0.0573. The molecule has 0 radical (unpaired) electrons. The number of likely N-dealkylation sites (N-methyl/N-ethyl adjacent to an activating group) is 1. The van der Waals surface area contributed by atoms with E-state index in [0.717, 1.165) is 0 Å². The van der Waals surface area contributed by atoms with Crippen molar-refractivity contribution < 1.29 is 19.4 Å². The predicted molar refractivity (Wildman–Crippen MR) is 73.8 cm³/mol. The van der Waals surface area contributed by atoms with Crippen molar-refractivity contribution in [3.05, 3.63) is 23.9 Å². The molecule has 1 aromatic heterocycles. The molecule has 0 amide bonds. The van der Waals surface area contributed by atoms with Gasteiger partial charge in [0.15, 0.2) is 0 Å². The van der Waals surface area contributed by atoms with Crippen LogP contribution in [-0.2, 0) is 9.47 Å². The van der Waals surface area contributed by atoms with E-state index in [0.29, 0.717) is 44.0 Å². The molecule has 0 unspecified atom stereocenters. The molecular weight excluding hydrogens is 260 g/mol. The van der Waals surface area contributed by atoms with E-state index in [1.54, 1.807) is 18.3 Å². The van der Waals surface area contributed by atoms with Crippen molar-refractivity contribution in [3.8, 4) is 0 Å². The summed E-state index contributed by atoms with van der Waals surface area (Å²) in [6, 6.07) is 3.26. The maximum absolute atomic E-state index is 11.5. The second-order valence-corrected chi connectivity index (χ2v) is 5.09. The smallest absolute Gasteiger partial charge is 0.338 e. The van der Waals surface area contributed by atoms with Gasteiger partial charge in [-0.2, -0.15) is 0 Å². The lowest BCUT2D eigenvalue weighted by atomic mass is 9.94. The molecule has 1 aliphatic rings. The van der Waals surface area contributed by atoms with Gasteiger partial charge in [-0.25, -0.2) is 9.78 Å². The molecule has 1 N–H and O–H groups in total. The third-order valence-electron chi connectivity index (χ3n) is 3.51. The number of ether oxygens (including phenoxy) is 2. The van der Waals surface area contributed by atoms with Crippen LogP contribution in [0.2, 0.25) is 0 Å². The Bertz CT molecular complexity index is 472. The van der Waals surface area contributed by atoms with Crippen molar-refractivity contribution in [1.29, 1.82) is 0 Å². The number of carbonyl (C=O) groups is 1. The molecule has 1 aliphatic heterocycles. The second kappa shape index (κ2) is 6.19. The Labute approximate surface area is 118 Å². The van der Waals surface area contributed by atoms with Crippen LogP contribution in [-0.4, -0.2) is 55.6 Å². The van der Waals surface area contributed by atoms with Gasteiger partial charge in [-0.1, -0.05) is 0 Å². The molecule has 0 bridgehead atoms. The van der Waals surface area contributed by atoms with E-state index in [1.165, 1.54) is 7.11 Å². The molecule has 110 valence electrons. The zero-order chi connectivity index (χ0) is 14.6. The van der Waals surface area contributed by atoms with Crippen LogP contribution in [0.4, 0.5) is 5.82 Å². The molecule has 6 heteroatoms. The van der Waals surface area contributed by atoms with Gasteiger partial charge in [0.1, 0.15) is 5.82 Å². The maximum Gasteiger partial charge on any atom is 0.338 e. The zero-order valence-electron chi connectivity index (χ0n) is 11.8. The van der Waals surface area contributed by atoms with Gasteiger partial charge < -0.3 is 19.5 Å². The minimum Gasteiger partial charge on any atom is -0.465 e. The maximum atomic E-state index is 11.5. The fraction of sp³-hybridized carbons (Fsp3) is 0.571. The molecule has 1 fully saturated rings. The van der Waals surface area contributed by atoms with Crippen molar-refractivity contribution >= 4 is 11.8 Å². The highest BCUT2D eigenvalue weighted by Gasteiger charge is 2.31. The SMILES string of the molecule is COC(=O)c1ccnc(N(C)CC2(O)CCOCC2)c1. The summed E-state index contributed by atoms with van der Waals surface area (Å²) in [6.45, 7) is 1.59. The number of hydrogen-bond donors (Lipinski definition) is 1. The fourth-order valence-electron chi connectivity index (χ4n) is 2.30. The van der Waals surface area contributed by atoms with Gasteiger partial charge in [0.2, 0.25) is 0 Å². The van der Waals surface area contributed by atoms with Gasteiger partial charge in [-0.3, -0.25) is 0 Å². The quantitative estimate of drug-likeness (QED) is 0.824. The summed E-state index contributed by atoms with van der Waals surface area (Å²) >= 11 is 0. The largest absolute Gasteiger partial charge is 0.465 e. The summed E-state index contributed by atoms with van der Waals surface area (Å²) in [5.41, 5.74) is -0.320. The summed E-state index contributed by atoms with van der Waals surface area (Å²) in [5, 5.41) is 10.5. The normalized spacial score (nSPS) is 17.6. The third-order valence-corrected chi connectivity index (χ3v) is 3.51. The van der Waals surface area contributed by atoms with Crippen molar-refractivity contribution in [1.82, 2.24) is 4.98 Å². The first-order chi connectivity index (χ1) is 9.54. The van der Waals surface area contributed by atoms with E-state index in [1.807, 2.05) is 11.9 Å². The lowest BCUT2D eigenvalue weighted by Gasteiger charge is -2.35. The van der Waals surface area contributed by atoms with Crippen LogP contribution in [0, 0.1) is 0 Å². The van der Waals surface area contributed by atoms with E-state index in [2.05, 4.69) is 9.72 Å². The Balaban J connectivity index is 2.08. The number of hydrogen-bond acceptors (Lipinski definition) is 6. The van der Waals surface area contributed by atoms with E-state index in [4.69, 9.17) is 4.74 Å². The number of nitrogens with zero attached hydrogens (tertiary/aromatic N) is 2. The van der Waals surface area contributed by atoms with Gasteiger partial charge in [-0.15, -0.1) is 0 Å². The van der Waals surface area contributed by atoms with E-state index < -0.39 is 11.6 Å². The molecular formula is C14H20N2O4. The van der Waals surface area contributed by atoms with Crippen LogP contribution in [0.15, 0.2) is 18.3 Å². The van der Waals surface area contributed by atoms with Crippen molar-refractivity contribution in [2.75, 3.05) is 38.8 Å². The fourth-order valence-corrected chi connectivity index (χ4v) is 2.30.